The van der Waals surface area contributed by atoms with Gasteiger partial charge in [-0.15, -0.1) is 5.10 Å². The molecule has 0 fully saturated rings. The van der Waals surface area contributed by atoms with Crippen LogP contribution in [0.4, 0.5) is 23.1 Å². The molecule has 0 atom stereocenters. The molecule has 1 aliphatic heterocycles. The van der Waals surface area contributed by atoms with Crippen LogP contribution in [0.3, 0.4) is 0 Å². The van der Waals surface area contributed by atoms with Crippen molar-refractivity contribution in [3.8, 4) is 0 Å². The third-order valence-electron chi connectivity index (χ3n) is 4.77. The van der Waals surface area contributed by atoms with E-state index in [0.717, 1.165) is 25.1 Å². The fourth-order valence-electron chi connectivity index (χ4n) is 3.23. The van der Waals surface area contributed by atoms with Gasteiger partial charge in [0, 0.05) is 17.9 Å². The van der Waals surface area contributed by atoms with E-state index < -0.39 is 0 Å². The lowest BCUT2D eigenvalue weighted by Crippen LogP contribution is -2.26. The monoisotopic (exact) mass is 331 g/mol. The highest BCUT2D eigenvalue weighted by Crippen LogP contribution is 2.31. The SMILES string of the molecule is Cc1cccc(Nc2cnnc(N3CCCc4ccccc43)n2)c1C. The first-order valence-corrected chi connectivity index (χ1v) is 8.61. The lowest BCUT2D eigenvalue weighted by Gasteiger charge is -2.29. The Morgan fingerprint density at radius 2 is 1.92 bits per heavy atom. The predicted octanol–water partition coefficient (Wildman–Crippen LogP) is 4.32. The molecule has 0 bridgehead atoms. The summed E-state index contributed by atoms with van der Waals surface area (Å²) in [5.74, 6) is 1.35. The molecule has 25 heavy (non-hydrogen) atoms. The Labute approximate surface area is 147 Å². The average molecular weight is 331 g/mol. The maximum Gasteiger partial charge on any atom is 0.251 e. The quantitative estimate of drug-likeness (QED) is 0.775. The first-order chi connectivity index (χ1) is 12.2. The molecule has 0 radical (unpaired) electrons. The summed E-state index contributed by atoms with van der Waals surface area (Å²) in [7, 11) is 0. The first-order valence-electron chi connectivity index (χ1n) is 8.61. The van der Waals surface area contributed by atoms with Gasteiger partial charge in [-0.1, -0.05) is 30.3 Å². The molecule has 0 amide bonds. The summed E-state index contributed by atoms with van der Waals surface area (Å²) >= 11 is 0. The van der Waals surface area contributed by atoms with Crippen molar-refractivity contribution in [1.29, 1.82) is 0 Å². The number of aryl methyl sites for hydroxylation is 2. The summed E-state index contributed by atoms with van der Waals surface area (Å²) in [6.07, 6.45) is 3.86. The molecule has 0 unspecified atom stereocenters. The van der Waals surface area contributed by atoms with Crippen molar-refractivity contribution >= 4 is 23.1 Å². The smallest absolute Gasteiger partial charge is 0.251 e. The standard InChI is InChI=1S/C20H21N5/c1-14-7-5-10-17(15(14)2)22-19-13-21-24-20(23-19)25-12-6-9-16-8-3-4-11-18(16)25/h3-5,7-8,10-11,13H,6,9,12H2,1-2H3,(H,22,23,24). The Bertz CT molecular complexity index is 906. The van der Waals surface area contributed by atoms with Gasteiger partial charge in [-0.2, -0.15) is 10.1 Å². The van der Waals surface area contributed by atoms with Crippen LogP contribution in [0.25, 0.3) is 0 Å². The number of hydrogen-bond donors (Lipinski definition) is 1. The number of rotatable bonds is 3. The molecule has 1 N–H and O–H groups in total. The molecule has 2 aromatic carbocycles. The molecule has 0 spiro atoms. The number of benzene rings is 2. The molecule has 1 aromatic heterocycles. The highest BCUT2D eigenvalue weighted by molar-refractivity contribution is 5.66. The fourth-order valence-corrected chi connectivity index (χ4v) is 3.23. The van der Waals surface area contributed by atoms with Crippen LogP contribution in [-0.2, 0) is 6.42 Å². The van der Waals surface area contributed by atoms with Crippen LogP contribution in [-0.4, -0.2) is 21.7 Å². The minimum atomic E-state index is 0.641. The van der Waals surface area contributed by atoms with E-state index in [1.807, 2.05) is 6.07 Å². The second-order valence-electron chi connectivity index (χ2n) is 6.40. The van der Waals surface area contributed by atoms with Gasteiger partial charge in [-0.05, 0) is 55.5 Å². The average Bonchev–Trinajstić information content (AvgIpc) is 2.65. The van der Waals surface area contributed by atoms with Crippen LogP contribution in [0.2, 0.25) is 0 Å². The molecular formula is C20H21N5. The molecule has 0 saturated heterocycles. The summed E-state index contributed by atoms with van der Waals surface area (Å²) in [4.78, 5) is 6.86. The van der Waals surface area contributed by atoms with Gasteiger partial charge in [0.15, 0.2) is 5.82 Å². The Hall–Kier alpha value is -2.95. The van der Waals surface area contributed by atoms with Gasteiger partial charge in [0.1, 0.15) is 0 Å². The molecule has 1 aliphatic rings. The second kappa shape index (κ2) is 6.51. The molecular weight excluding hydrogens is 310 g/mol. The van der Waals surface area contributed by atoms with Crippen molar-refractivity contribution in [2.45, 2.75) is 26.7 Å². The van der Waals surface area contributed by atoms with E-state index in [2.05, 4.69) is 70.7 Å². The highest BCUT2D eigenvalue weighted by Gasteiger charge is 2.20. The number of anilines is 4. The minimum Gasteiger partial charge on any atom is -0.339 e. The van der Waals surface area contributed by atoms with Crippen molar-refractivity contribution < 1.29 is 0 Å². The molecule has 0 aliphatic carbocycles. The van der Waals surface area contributed by atoms with E-state index in [4.69, 9.17) is 4.98 Å². The van der Waals surface area contributed by atoms with E-state index in [-0.39, 0.29) is 0 Å². The zero-order valence-electron chi connectivity index (χ0n) is 14.5. The summed E-state index contributed by atoms with van der Waals surface area (Å²) in [5, 5.41) is 11.8. The van der Waals surface area contributed by atoms with E-state index in [0.29, 0.717) is 11.8 Å². The predicted molar refractivity (Wildman–Crippen MR) is 101 cm³/mol. The largest absolute Gasteiger partial charge is 0.339 e. The van der Waals surface area contributed by atoms with Gasteiger partial charge in [0.2, 0.25) is 0 Å². The minimum absolute atomic E-state index is 0.641. The second-order valence-corrected chi connectivity index (χ2v) is 6.40. The molecule has 5 heteroatoms. The number of fused-ring (bicyclic) bond motifs is 1. The maximum atomic E-state index is 4.70. The Balaban J connectivity index is 1.66. The number of para-hydroxylation sites is 1. The Morgan fingerprint density at radius 1 is 1.04 bits per heavy atom. The van der Waals surface area contributed by atoms with Crippen molar-refractivity contribution in [2.75, 3.05) is 16.8 Å². The van der Waals surface area contributed by atoms with Crippen molar-refractivity contribution in [1.82, 2.24) is 15.2 Å². The van der Waals surface area contributed by atoms with Gasteiger partial charge in [0.05, 0.1) is 6.20 Å². The van der Waals surface area contributed by atoms with Gasteiger partial charge in [-0.25, -0.2) is 0 Å². The summed E-state index contributed by atoms with van der Waals surface area (Å²) in [6, 6.07) is 14.6. The molecule has 4 rings (SSSR count). The maximum absolute atomic E-state index is 4.70. The molecule has 5 nitrogen and oxygen atoms in total. The molecule has 126 valence electrons. The van der Waals surface area contributed by atoms with Gasteiger partial charge in [-0.3, -0.25) is 0 Å². The third kappa shape index (κ3) is 3.05. The van der Waals surface area contributed by atoms with E-state index in [1.165, 1.54) is 22.4 Å². The summed E-state index contributed by atoms with van der Waals surface area (Å²) in [5.41, 5.74) is 6.03. The van der Waals surface area contributed by atoms with Crippen molar-refractivity contribution in [2.24, 2.45) is 0 Å². The van der Waals surface area contributed by atoms with Crippen LogP contribution in [0.5, 0.6) is 0 Å². The van der Waals surface area contributed by atoms with Crippen LogP contribution >= 0.6 is 0 Å². The number of nitrogens with one attached hydrogen (secondary N) is 1. The summed E-state index contributed by atoms with van der Waals surface area (Å²) in [6.45, 7) is 5.12. The zero-order chi connectivity index (χ0) is 17.2. The summed E-state index contributed by atoms with van der Waals surface area (Å²) < 4.78 is 0. The van der Waals surface area contributed by atoms with Gasteiger partial charge < -0.3 is 10.2 Å². The van der Waals surface area contributed by atoms with Crippen LogP contribution in [0.15, 0.2) is 48.7 Å². The van der Waals surface area contributed by atoms with Crippen LogP contribution in [0, 0.1) is 13.8 Å². The lowest BCUT2D eigenvalue weighted by molar-refractivity contribution is 0.742. The fraction of sp³-hybridized carbons (Fsp3) is 0.250. The van der Waals surface area contributed by atoms with Crippen molar-refractivity contribution in [3.63, 3.8) is 0 Å². The normalized spacial score (nSPS) is 13.4. The zero-order valence-corrected chi connectivity index (χ0v) is 14.5. The van der Waals surface area contributed by atoms with E-state index >= 15 is 0 Å². The van der Waals surface area contributed by atoms with Crippen LogP contribution in [0.1, 0.15) is 23.1 Å². The third-order valence-corrected chi connectivity index (χ3v) is 4.77. The number of hydrogen-bond acceptors (Lipinski definition) is 5. The topological polar surface area (TPSA) is 53.9 Å². The highest BCUT2D eigenvalue weighted by atomic mass is 15.3. The molecule has 2 heterocycles. The number of nitrogens with zero attached hydrogens (tertiary/aromatic N) is 4. The Kier molecular flexibility index (Phi) is 4.06. The van der Waals surface area contributed by atoms with Gasteiger partial charge in [0.25, 0.3) is 5.95 Å². The molecule has 3 aromatic rings. The van der Waals surface area contributed by atoms with E-state index in [1.54, 1.807) is 6.20 Å². The van der Waals surface area contributed by atoms with Crippen molar-refractivity contribution in [3.05, 3.63) is 65.4 Å². The number of aromatic nitrogens is 3. The van der Waals surface area contributed by atoms with Gasteiger partial charge >= 0.3 is 0 Å². The van der Waals surface area contributed by atoms with Crippen LogP contribution < -0.4 is 10.2 Å². The Morgan fingerprint density at radius 3 is 2.84 bits per heavy atom. The first kappa shape index (κ1) is 15.6. The molecule has 0 saturated carbocycles. The van der Waals surface area contributed by atoms with E-state index in [9.17, 15) is 0 Å². The lowest BCUT2D eigenvalue weighted by atomic mass is 10.0.